The molecule has 0 aliphatic carbocycles. The van der Waals surface area contributed by atoms with Crippen LogP contribution in [0.3, 0.4) is 0 Å². The minimum Gasteiger partial charge on any atom is -0.298 e. The highest BCUT2D eigenvalue weighted by molar-refractivity contribution is 7.99. The number of Topliss-reactive ketones (excluding diaryl/α,β-unsaturated/α-hetero) is 1. The fraction of sp³-hybridized carbons (Fsp3) is 0.444. The lowest BCUT2D eigenvalue weighted by Gasteiger charge is -2.02. The predicted octanol–water partition coefficient (Wildman–Crippen LogP) is 1.79. The summed E-state index contributed by atoms with van der Waals surface area (Å²) in [7, 11) is 0. The highest BCUT2D eigenvalue weighted by atomic mass is 32.2. The van der Waals surface area contributed by atoms with Crippen molar-refractivity contribution in [2.45, 2.75) is 18.9 Å². The van der Waals surface area contributed by atoms with Gasteiger partial charge in [0, 0.05) is 18.3 Å². The van der Waals surface area contributed by atoms with E-state index in [4.69, 9.17) is 0 Å². The van der Waals surface area contributed by atoms with Crippen molar-refractivity contribution in [3.8, 4) is 0 Å². The maximum atomic E-state index is 11.2. The summed E-state index contributed by atoms with van der Waals surface area (Å²) in [5.41, 5.74) is 0. The minimum atomic E-state index is 0.101. The molecule has 0 radical (unpaired) electrons. The number of ketones is 1. The van der Waals surface area contributed by atoms with Gasteiger partial charge in [-0.05, 0) is 0 Å². The van der Waals surface area contributed by atoms with Crippen LogP contribution in [-0.2, 0) is 4.79 Å². The predicted molar refractivity (Wildman–Crippen MR) is 52.6 cm³/mol. The summed E-state index contributed by atoms with van der Waals surface area (Å²) < 4.78 is 0. The first-order valence-corrected chi connectivity index (χ1v) is 5.10. The quantitative estimate of drug-likeness (QED) is 0.689. The van der Waals surface area contributed by atoms with E-state index in [9.17, 15) is 4.79 Å². The summed E-state index contributed by atoms with van der Waals surface area (Å²) in [4.78, 5) is 19.2. The van der Waals surface area contributed by atoms with E-state index < -0.39 is 0 Å². The molecule has 0 bridgehead atoms. The number of thioether (sulfide) groups is 1. The Kier molecular flexibility index (Phi) is 3.89. The third kappa shape index (κ3) is 3.55. The molecule has 0 amide bonds. The summed E-state index contributed by atoms with van der Waals surface area (Å²) in [5.74, 6) is 0.830. The van der Waals surface area contributed by atoms with Crippen LogP contribution < -0.4 is 0 Å². The first-order chi connectivity index (χ1) is 6.20. The fourth-order valence-corrected chi connectivity index (χ4v) is 1.57. The molecule has 0 saturated heterocycles. The largest absolute Gasteiger partial charge is 0.298 e. The van der Waals surface area contributed by atoms with Gasteiger partial charge in [0.05, 0.1) is 11.9 Å². The number of hydrogen-bond donors (Lipinski definition) is 0. The summed E-state index contributed by atoms with van der Waals surface area (Å²) in [6.07, 6.45) is 4.91. The second-order valence-electron chi connectivity index (χ2n) is 2.95. The van der Waals surface area contributed by atoms with E-state index >= 15 is 0 Å². The molecule has 0 aliphatic rings. The van der Waals surface area contributed by atoms with Crippen LogP contribution in [0.15, 0.2) is 23.6 Å². The number of nitrogens with zero attached hydrogens (tertiary/aromatic N) is 2. The fourth-order valence-electron chi connectivity index (χ4n) is 0.672. The van der Waals surface area contributed by atoms with Crippen molar-refractivity contribution in [2.75, 3.05) is 5.75 Å². The Morgan fingerprint density at radius 3 is 2.85 bits per heavy atom. The lowest BCUT2D eigenvalue weighted by Crippen LogP contribution is -2.09. The van der Waals surface area contributed by atoms with Gasteiger partial charge in [-0.15, -0.1) is 0 Å². The molecular weight excluding hydrogens is 184 g/mol. The smallest absolute Gasteiger partial charge is 0.145 e. The van der Waals surface area contributed by atoms with Crippen LogP contribution in [0, 0.1) is 5.92 Å². The monoisotopic (exact) mass is 196 g/mol. The maximum Gasteiger partial charge on any atom is 0.145 e. The van der Waals surface area contributed by atoms with E-state index in [0.717, 1.165) is 5.03 Å². The molecule has 0 spiro atoms. The first kappa shape index (κ1) is 10.2. The molecule has 70 valence electrons. The molecule has 1 aromatic heterocycles. The average molecular weight is 196 g/mol. The number of hydrogen-bond acceptors (Lipinski definition) is 4. The Bertz CT molecular complexity index is 274. The molecule has 0 aromatic carbocycles. The first-order valence-electron chi connectivity index (χ1n) is 4.11. The molecule has 0 N–H and O–H groups in total. The number of rotatable bonds is 4. The Morgan fingerprint density at radius 1 is 1.54 bits per heavy atom. The molecular formula is C9H12N2OS. The van der Waals surface area contributed by atoms with E-state index in [-0.39, 0.29) is 11.7 Å². The second-order valence-corrected chi connectivity index (χ2v) is 3.95. The molecule has 4 heteroatoms. The van der Waals surface area contributed by atoms with Gasteiger partial charge in [0.2, 0.25) is 0 Å². The number of carbonyl (C=O) groups excluding carboxylic acids is 1. The van der Waals surface area contributed by atoms with Gasteiger partial charge in [0.1, 0.15) is 10.8 Å². The topological polar surface area (TPSA) is 42.9 Å². The van der Waals surface area contributed by atoms with Crippen molar-refractivity contribution in [3.05, 3.63) is 18.6 Å². The molecule has 0 unspecified atom stereocenters. The maximum absolute atomic E-state index is 11.2. The average Bonchev–Trinajstić information content (AvgIpc) is 2.15. The zero-order chi connectivity index (χ0) is 9.68. The van der Waals surface area contributed by atoms with E-state index in [2.05, 4.69) is 9.97 Å². The highest BCUT2D eigenvalue weighted by Gasteiger charge is 2.07. The van der Waals surface area contributed by atoms with Crippen LogP contribution in [-0.4, -0.2) is 21.5 Å². The van der Waals surface area contributed by atoms with Crippen LogP contribution in [0.5, 0.6) is 0 Å². The van der Waals surface area contributed by atoms with Gasteiger partial charge >= 0.3 is 0 Å². The molecule has 0 fully saturated rings. The van der Waals surface area contributed by atoms with Crippen LogP contribution in [0.25, 0.3) is 0 Å². The molecule has 0 aliphatic heterocycles. The molecule has 1 rings (SSSR count). The summed E-state index contributed by atoms with van der Waals surface area (Å²) >= 11 is 1.43. The summed E-state index contributed by atoms with van der Waals surface area (Å²) in [6, 6.07) is 0. The Balaban J connectivity index is 2.40. The van der Waals surface area contributed by atoms with Crippen LogP contribution in [0.4, 0.5) is 0 Å². The third-order valence-corrected chi connectivity index (χ3v) is 2.48. The van der Waals surface area contributed by atoms with Crippen LogP contribution in [0.2, 0.25) is 0 Å². The van der Waals surface area contributed by atoms with Gasteiger partial charge in [0.15, 0.2) is 0 Å². The van der Waals surface area contributed by atoms with Gasteiger partial charge in [0.25, 0.3) is 0 Å². The van der Waals surface area contributed by atoms with Crippen molar-refractivity contribution in [1.29, 1.82) is 0 Å². The van der Waals surface area contributed by atoms with Gasteiger partial charge < -0.3 is 0 Å². The van der Waals surface area contributed by atoms with Crippen molar-refractivity contribution in [2.24, 2.45) is 5.92 Å². The number of aromatic nitrogens is 2. The summed E-state index contributed by atoms with van der Waals surface area (Å²) in [5, 5.41) is 0.802. The Hall–Kier alpha value is -0.900. The lowest BCUT2D eigenvalue weighted by molar-refractivity contribution is -0.119. The van der Waals surface area contributed by atoms with Crippen molar-refractivity contribution >= 4 is 17.5 Å². The second kappa shape index (κ2) is 4.97. The molecule has 1 heterocycles. The zero-order valence-corrected chi connectivity index (χ0v) is 8.54. The van der Waals surface area contributed by atoms with E-state index in [1.807, 2.05) is 13.8 Å². The van der Waals surface area contributed by atoms with E-state index in [1.54, 1.807) is 18.6 Å². The number of carbonyl (C=O) groups is 1. The minimum absolute atomic E-state index is 0.101. The van der Waals surface area contributed by atoms with Crippen molar-refractivity contribution < 1.29 is 4.79 Å². The van der Waals surface area contributed by atoms with Crippen LogP contribution >= 0.6 is 11.8 Å². The van der Waals surface area contributed by atoms with Crippen molar-refractivity contribution in [3.63, 3.8) is 0 Å². The van der Waals surface area contributed by atoms with Crippen molar-refractivity contribution in [1.82, 2.24) is 9.97 Å². The lowest BCUT2D eigenvalue weighted by atomic mass is 10.1. The Morgan fingerprint density at radius 2 is 2.31 bits per heavy atom. The summed E-state index contributed by atoms with van der Waals surface area (Å²) in [6.45, 7) is 3.80. The normalized spacial score (nSPS) is 10.4. The highest BCUT2D eigenvalue weighted by Crippen LogP contribution is 2.14. The Labute approximate surface area is 82.0 Å². The molecule has 0 atom stereocenters. The molecule has 13 heavy (non-hydrogen) atoms. The SMILES string of the molecule is CC(C)C(=O)CSc1cnccn1. The molecule has 1 aromatic rings. The molecule has 0 saturated carbocycles. The zero-order valence-electron chi connectivity index (χ0n) is 7.73. The van der Waals surface area contributed by atoms with Crippen LogP contribution in [0.1, 0.15) is 13.8 Å². The molecule has 3 nitrogen and oxygen atoms in total. The van der Waals surface area contributed by atoms with E-state index in [0.29, 0.717) is 5.75 Å². The standard InChI is InChI=1S/C9H12N2OS/c1-7(2)8(12)6-13-9-5-10-3-4-11-9/h3-5,7H,6H2,1-2H3. The van der Waals surface area contributed by atoms with Gasteiger partial charge in [-0.25, -0.2) is 4.98 Å². The van der Waals surface area contributed by atoms with Gasteiger partial charge in [-0.3, -0.25) is 9.78 Å². The van der Waals surface area contributed by atoms with Gasteiger partial charge in [-0.2, -0.15) is 0 Å². The van der Waals surface area contributed by atoms with E-state index in [1.165, 1.54) is 11.8 Å². The van der Waals surface area contributed by atoms with Gasteiger partial charge in [-0.1, -0.05) is 25.6 Å². The third-order valence-electron chi connectivity index (χ3n) is 1.55.